The highest BCUT2D eigenvalue weighted by Crippen LogP contribution is 2.37. The van der Waals surface area contributed by atoms with Crippen molar-refractivity contribution in [1.29, 1.82) is 0 Å². The van der Waals surface area contributed by atoms with Crippen LogP contribution in [-0.4, -0.2) is 29.9 Å². The van der Waals surface area contributed by atoms with Gasteiger partial charge >= 0.3 is 0 Å². The van der Waals surface area contributed by atoms with E-state index in [1.807, 2.05) is 28.5 Å². The van der Waals surface area contributed by atoms with E-state index in [1.165, 1.54) is 17.5 Å². The van der Waals surface area contributed by atoms with E-state index in [2.05, 4.69) is 6.07 Å². The van der Waals surface area contributed by atoms with Gasteiger partial charge in [0.05, 0.1) is 5.56 Å². The number of likely N-dealkylation sites (tertiary alicyclic amines) is 1. The monoisotopic (exact) mass is 300 g/mol. The molecule has 0 radical (unpaired) electrons. The molecule has 1 saturated carbocycles. The Hall–Kier alpha value is -1.39. The van der Waals surface area contributed by atoms with Gasteiger partial charge in [0, 0.05) is 34.6 Å². The SMILES string of the molecule is NC1CCCC2CN(C(=O)c3csc4ccccc34)CC12. The number of hydrogen-bond donors (Lipinski definition) is 1. The van der Waals surface area contributed by atoms with Crippen LogP contribution in [-0.2, 0) is 0 Å². The summed E-state index contributed by atoms with van der Waals surface area (Å²) in [4.78, 5) is 14.9. The first-order valence-corrected chi connectivity index (χ1v) is 8.63. The van der Waals surface area contributed by atoms with Crippen molar-refractivity contribution < 1.29 is 4.79 Å². The number of benzene rings is 1. The van der Waals surface area contributed by atoms with Crippen LogP contribution in [0.3, 0.4) is 0 Å². The fourth-order valence-electron chi connectivity index (χ4n) is 4.00. The Morgan fingerprint density at radius 2 is 2.10 bits per heavy atom. The molecule has 2 heterocycles. The van der Waals surface area contributed by atoms with Gasteiger partial charge in [-0.2, -0.15) is 0 Å². The molecule has 2 aliphatic rings. The molecule has 3 nitrogen and oxygen atoms in total. The van der Waals surface area contributed by atoms with Crippen LogP contribution in [0.15, 0.2) is 29.6 Å². The van der Waals surface area contributed by atoms with E-state index in [4.69, 9.17) is 5.73 Å². The summed E-state index contributed by atoms with van der Waals surface area (Å²) in [5.74, 6) is 1.31. The highest BCUT2D eigenvalue weighted by atomic mass is 32.1. The zero-order valence-corrected chi connectivity index (χ0v) is 12.8. The van der Waals surface area contributed by atoms with E-state index >= 15 is 0 Å². The summed E-state index contributed by atoms with van der Waals surface area (Å²) in [6.45, 7) is 1.73. The Morgan fingerprint density at radius 3 is 2.95 bits per heavy atom. The molecule has 4 rings (SSSR count). The number of hydrogen-bond acceptors (Lipinski definition) is 3. The Labute approximate surface area is 128 Å². The van der Waals surface area contributed by atoms with E-state index in [9.17, 15) is 4.79 Å². The zero-order chi connectivity index (χ0) is 14.4. The number of nitrogens with two attached hydrogens (primary N) is 1. The lowest BCUT2D eigenvalue weighted by Crippen LogP contribution is -2.38. The van der Waals surface area contributed by atoms with Crippen molar-refractivity contribution in [2.45, 2.75) is 25.3 Å². The van der Waals surface area contributed by atoms with E-state index in [1.54, 1.807) is 11.3 Å². The number of nitrogens with zero attached hydrogens (tertiary/aromatic N) is 1. The van der Waals surface area contributed by atoms with Crippen molar-refractivity contribution in [1.82, 2.24) is 4.90 Å². The molecular formula is C17H20N2OS. The van der Waals surface area contributed by atoms with Gasteiger partial charge in [0.2, 0.25) is 0 Å². The molecule has 1 aromatic heterocycles. The number of thiophene rings is 1. The van der Waals surface area contributed by atoms with E-state index < -0.39 is 0 Å². The molecule has 1 amide bonds. The minimum absolute atomic E-state index is 0.189. The van der Waals surface area contributed by atoms with Crippen LogP contribution < -0.4 is 5.73 Å². The molecule has 2 fully saturated rings. The van der Waals surface area contributed by atoms with E-state index in [-0.39, 0.29) is 11.9 Å². The fourth-order valence-corrected chi connectivity index (χ4v) is 4.93. The second-order valence-electron chi connectivity index (χ2n) is 6.37. The Balaban J connectivity index is 1.61. The maximum atomic E-state index is 12.9. The van der Waals surface area contributed by atoms with Crippen LogP contribution in [0, 0.1) is 11.8 Å². The molecule has 2 aromatic rings. The molecule has 0 spiro atoms. The van der Waals surface area contributed by atoms with Gasteiger partial charge in [0.1, 0.15) is 0 Å². The zero-order valence-electron chi connectivity index (χ0n) is 12.0. The average molecular weight is 300 g/mol. The lowest BCUT2D eigenvalue weighted by molar-refractivity contribution is 0.0786. The summed E-state index contributed by atoms with van der Waals surface area (Å²) < 4.78 is 1.19. The summed E-state index contributed by atoms with van der Waals surface area (Å²) in [5, 5.41) is 3.10. The standard InChI is InChI=1S/C17H20N2OS/c18-15-6-3-4-11-8-19(9-13(11)15)17(20)14-10-21-16-7-2-1-5-12(14)16/h1-2,5,7,10-11,13,15H,3-4,6,8-9,18H2. The number of fused-ring (bicyclic) bond motifs is 2. The first-order valence-electron chi connectivity index (χ1n) is 7.75. The molecule has 21 heavy (non-hydrogen) atoms. The quantitative estimate of drug-likeness (QED) is 0.879. The highest BCUT2D eigenvalue weighted by Gasteiger charge is 2.40. The van der Waals surface area contributed by atoms with Crippen LogP contribution in [0.5, 0.6) is 0 Å². The van der Waals surface area contributed by atoms with Crippen molar-refractivity contribution >= 4 is 27.3 Å². The van der Waals surface area contributed by atoms with Crippen LogP contribution in [0.4, 0.5) is 0 Å². The van der Waals surface area contributed by atoms with Gasteiger partial charge in [0.15, 0.2) is 0 Å². The topological polar surface area (TPSA) is 46.3 Å². The van der Waals surface area contributed by atoms with Gasteiger partial charge in [-0.05, 0) is 30.7 Å². The third-order valence-corrected chi connectivity index (χ3v) is 6.12. The van der Waals surface area contributed by atoms with Crippen LogP contribution in [0.1, 0.15) is 29.6 Å². The molecule has 3 atom stereocenters. The van der Waals surface area contributed by atoms with Gasteiger partial charge in [-0.25, -0.2) is 0 Å². The second-order valence-corrected chi connectivity index (χ2v) is 7.29. The molecular weight excluding hydrogens is 280 g/mol. The molecule has 1 aromatic carbocycles. The molecule has 0 bridgehead atoms. The number of carbonyl (C=O) groups is 1. The smallest absolute Gasteiger partial charge is 0.255 e. The van der Waals surface area contributed by atoms with E-state index in [0.29, 0.717) is 11.8 Å². The minimum atomic E-state index is 0.189. The van der Waals surface area contributed by atoms with Gasteiger partial charge in [-0.3, -0.25) is 4.79 Å². The molecule has 110 valence electrons. The maximum Gasteiger partial charge on any atom is 0.255 e. The lowest BCUT2D eigenvalue weighted by atomic mass is 9.78. The molecule has 1 saturated heterocycles. The summed E-state index contributed by atoms with van der Waals surface area (Å²) in [6.07, 6.45) is 3.56. The Kier molecular flexibility index (Phi) is 3.23. The predicted molar refractivity (Wildman–Crippen MR) is 86.5 cm³/mol. The number of amides is 1. The largest absolute Gasteiger partial charge is 0.338 e. The van der Waals surface area contributed by atoms with Crippen molar-refractivity contribution in [2.75, 3.05) is 13.1 Å². The van der Waals surface area contributed by atoms with Crippen molar-refractivity contribution in [3.8, 4) is 0 Å². The van der Waals surface area contributed by atoms with Crippen LogP contribution in [0.2, 0.25) is 0 Å². The second kappa shape index (κ2) is 5.11. The van der Waals surface area contributed by atoms with Crippen molar-refractivity contribution in [3.63, 3.8) is 0 Å². The predicted octanol–water partition coefficient (Wildman–Crippen LogP) is 3.10. The summed E-state index contributed by atoms with van der Waals surface area (Å²) in [5.41, 5.74) is 7.12. The highest BCUT2D eigenvalue weighted by molar-refractivity contribution is 7.17. The molecule has 3 unspecified atom stereocenters. The third-order valence-electron chi connectivity index (χ3n) is 5.15. The normalized spacial score (nSPS) is 28.8. The van der Waals surface area contributed by atoms with Gasteiger partial charge in [0.25, 0.3) is 5.91 Å². The lowest BCUT2D eigenvalue weighted by Gasteiger charge is -2.29. The van der Waals surface area contributed by atoms with Gasteiger partial charge in [-0.15, -0.1) is 11.3 Å². The average Bonchev–Trinajstić information content (AvgIpc) is 3.11. The van der Waals surface area contributed by atoms with Gasteiger partial charge in [-0.1, -0.05) is 24.6 Å². The number of carbonyl (C=O) groups excluding carboxylic acids is 1. The van der Waals surface area contributed by atoms with E-state index in [0.717, 1.165) is 30.5 Å². The van der Waals surface area contributed by atoms with Crippen LogP contribution >= 0.6 is 11.3 Å². The first kappa shape index (κ1) is 13.3. The Bertz CT molecular complexity index is 680. The fraction of sp³-hybridized carbons (Fsp3) is 0.471. The third kappa shape index (κ3) is 2.17. The molecule has 1 aliphatic carbocycles. The van der Waals surface area contributed by atoms with Crippen molar-refractivity contribution in [3.05, 3.63) is 35.2 Å². The Morgan fingerprint density at radius 1 is 1.24 bits per heavy atom. The maximum absolute atomic E-state index is 12.9. The van der Waals surface area contributed by atoms with Crippen LogP contribution in [0.25, 0.3) is 10.1 Å². The molecule has 1 aliphatic heterocycles. The minimum Gasteiger partial charge on any atom is -0.338 e. The summed E-state index contributed by atoms with van der Waals surface area (Å²) in [6, 6.07) is 8.44. The first-order chi connectivity index (χ1) is 10.2. The summed E-state index contributed by atoms with van der Waals surface area (Å²) in [7, 11) is 0. The molecule has 4 heteroatoms. The molecule has 2 N–H and O–H groups in total. The van der Waals surface area contributed by atoms with Crippen molar-refractivity contribution in [2.24, 2.45) is 17.6 Å². The summed E-state index contributed by atoms with van der Waals surface area (Å²) >= 11 is 1.65. The van der Waals surface area contributed by atoms with Gasteiger partial charge < -0.3 is 10.6 Å². The number of rotatable bonds is 1.